The molecule has 8 fully saturated rings. The van der Waals surface area contributed by atoms with Gasteiger partial charge in [-0.1, -0.05) is 55.8 Å². The number of allylic oxidation sites excluding steroid dienone is 4. The number of aliphatic hydroxyl groups excluding tert-OH is 5. The van der Waals surface area contributed by atoms with Gasteiger partial charge in [0.2, 0.25) is 18.1 Å². The molecule has 22 heteroatoms. The first-order valence-corrected chi connectivity index (χ1v) is 29.9. The number of ether oxygens (including phenoxy) is 5. The standard InChI is InChI=1S/C62H83N5O17/c1-34(69)66-42(7-4-5-24-63)53(76)65-26-6-25-64-43-27-36(10-15-45(43)81-56-51(75)49(73)50(74)52(83-56)54(77)78)33-80-57(79)67-61-21-18-60(19-22-61,20-23-61)30-35-8-11-37(12-9-35)55-82-47-29-41-40-14-13-38-28-39(70)16-17-58(38,2)48(40)44(71)31-59(41,3)62(47,84-55)46(72)32-68/h8-12,15-17,27-28,40-42,44,47-52,55-56,64,68,71,73-75H,4-7,13-14,18-26,29-33,63H2,1-3H3,(H,65,76)(H,66,69)(H,67,79)(H,77,78)/t40-,41-,42-,44-,47+,48+,49-,50-,51+,52-,55+,56+,58-,59-,60?,61?,62+/m0/s1. The fourth-order valence-electron chi connectivity index (χ4n) is 16.0. The predicted octanol–water partition coefficient (Wildman–Crippen LogP) is 3.67. The molecule has 2 bridgehead atoms. The molecule has 7 aliphatic carbocycles. The minimum Gasteiger partial charge on any atom is -0.479 e. The van der Waals surface area contributed by atoms with Crippen LogP contribution in [-0.2, 0) is 55.9 Å². The lowest BCUT2D eigenvalue weighted by Crippen LogP contribution is -2.63. The number of carbonyl (C=O) groups excluding carboxylic acids is 5. The number of hydrogen-bond donors (Lipinski definition) is 11. The van der Waals surface area contributed by atoms with Crippen LogP contribution in [0.25, 0.3) is 0 Å². The zero-order valence-electron chi connectivity index (χ0n) is 48.1. The van der Waals surface area contributed by atoms with Crippen LogP contribution < -0.4 is 31.7 Å². The first-order chi connectivity index (χ1) is 40.1. The van der Waals surface area contributed by atoms with E-state index >= 15 is 0 Å². The first kappa shape index (κ1) is 61.3. The Kier molecular flexibility index (Phi) is 17.9. The van der Waals surface area contributed by atoms with Crippen LogP contribution in [0.1, 0.15) is 134 Å². The van der Waals surface area contributed by atoms with Gasteiger partial charge in [0.05, 0.1) is 17.9 Å². The third-order valence-corrected chi connectivity index (χ3v) is 20.5. The Morgan fingerprint density at radius 3 is 2.30 bits per heavy atom. The van der Waals surface area contributed by atoms with Crippen molar-refractivity contribution in [1.82, 2.24) is 16.0 Å². The highest BCUT2D eigenvalue weighted by atomic mass is 16.7. The van der Waals surface area contributed by atoms with Crippen molar-refractivity contribution >= 4 is 41.1 Å². The molecule has 2 saturated heterocycles. The van der Waals surface area contributed by atoms with E-state index in [-0.39, 0.29) is 66.2 Å². The van der Waals surface area contributed by atoms with E-state index in [9.17, 15) is 59.4 Å². The van der Waals surface area contributed by atoms with Crippen molar-refractivity contribution in [2.75, 3.05) is 31.6 Å². The topological polar surface area (TPSA) is 344 Å². The van der Waals surface area contributed by atoms with Crippen LogP contribution in [0.15, 0.2) is 66.3 Å². The van der Waals surface area contributed by atoms with Gasteiger partial charge in [0.1, 0.15) is 43.3 Å². The van der Waals surface area contributed by atoms with Gasteiger partial charge in [-0.25, -0.2) is 9.59 Å². The van der Waals surface area contributed by atoms with E-state index in [0.717, 1.165) is 74.5 Å². The fourth-order valence-corrected chi connectivity index (χ4v) is 16.0. The Bertz CT molecular complexity index is 2860. The molecule has 458 valence electrons. The number of alkyl carbamates (subject to hydrolysis) is 1. The number of rotatable bonds is 22. The molecule has 22 nitrogen and oxygen atoms in total. The van der Waals surface area contributed by atoms with Crippen LogP contribution in [0.2, 0.25) is 0 Å². The van der Waals surface area contributed by atoms with E-state index in [4.69, 9.17) is 29.4 Å². The molecule has 0 radical (unpaired) electrons. The van der Waals surface area contributed by atoms with Crippen LogP contribution in [0.3, 0.4) is 0 Å². The van der Waals surface area contributed by atoms with Crippen molar-refractivity contribution in [3.05, 3.63) is 83.0 Å². The van der Waals surface area contributed by atoms with Gasteiger partial charge in [0.15, 0.2) is 29.6 Å². The first-order valence-electron chi connectivity index (χ1n) is 29.9. The number of Topliss-reactive ketones (excluding diaryl/α,β-unsaturated/α-hetero) is 1. The number of anilines is 1. The van der Waals surface area contributed by atoms with Crippen LogP contribution in [0.5, 0.6) is 5.75 Å². The Balaban J connectivity index is 0.733. The molecule has 0 spiro atoms. The molecule has 2 aromatic carbocycles. The predicted molar refractivity (Wildman–Crippen MR) is 301 cm³/mol. The quantitative estimate of drug-likeness (QED) is 0.0749. The van der Waals surface area contributed by atoms with Crippen LogP contribution in [-0.4, -0.2) is 152 Å². The third-order valence-electron chi connectivity index (χ3n) is 20.5. The van der Waals surface area contributed by atoms with Gasteiger partial charge in [0.25, 0.3) is 0 Å². The maximum Gasteiger partial charge on any atom is 0.407 e. The number of aliphatic carboxylic acids is 1. The molecule has 9 aliphatic rings. The molecule has 6 saturated carbocycles. The van der Waals surface area contributed by atoms with Crippen molar-refractivity contribution in [1.29, 1.82) is 0 Å². The third kappa shape index (κ3) is 11.7. The molecule has 2 aliphatic heterocycles. The van der Waals surface area contributed by atoms with Gasteiger partial charge in [-0.05, 0) is 156 Å². The molecule has 84 heavy (non-hydrogen) atoms. The molecule has 0 aromatic heterocycles. The monoisotopic (exact) mass is 1170 g/mol. The average molecular weight is 1170 g/mol. The number of fused-ring (bicyclic) bond motifs is 10. The average Bonchev–Trinajstić information content (AvgIpc) is 1.50. The van der Waals surface area contributed by atoms with E-state index in [0.29, 0.717) is 56.3 Å². The van der Waals surface area contributed by atoms with Gasteiger partial charge in [-0.3, -0.25) is 19.2 Å². The van der Waals surface area contributed by atoms with Crippen LogP contribution in [0.4, 0.5) is 10.5 Å². The summed E-state index contributed by atoms with van der Waals surface area (Å²) in [6.07, 6.45) is 3.63. The maximum atomic E-state index is 14.1. The summed E-state index contributed by atoms with van der Waals surface area (Å²) in [7, 11) is 0. The van der Waals surface area contributed by atoms with Crippen molar-refractivity contribution < 1.29 is 83.1 Å². The lowest BCUT2D eigenvalue weighted by molar-refractivity contribution is -0.271. The number of amides is 3. The van der Waals surface area contributed by atoms with Gasteiger partial charge in [-0.15, -0.1) is 0 Å². The summed E-state index contributed by atoms with van der Waals surface area (Å²) in [5, 5.41) is 75.5. The number of ketones is 2. The molecule has 2 aromatic rings. The second-order valence-electron chi connectivity index (χ2n) is 25.5. The number of carboxylic acid groups (broad SMARTS) is 1. The highest BCUT2D eigenvalue weighted by Crippen LogP contribution is 2.70. The van der Waals surface area contributed by atoms with Crippen molar-refractivity contribution in [2.45, 2.75) is 190 Å². The van der Waals surface area contributed by atoms with Crippen molar-refractivity contribution in [3.63, 3.8) is 0 Å². The van der Waals surface area contributed by atoms with E-state index in [1.165, 1.54) is 13.0 Å². The SMILES string of the molecule is CC(=O)N[C@@H](CCCCN)C(=O)NCCCNc1cc(COC(=O)NC23CCC(Cc4ccc([C@@H]5O[C@@H]6C[C@H]7[C@@H]8CCC9=CC(=O)C=C[C@]9(C)[C@H]8[C@@H](O)C[C@]7(C)[C@]6(C(=O)CO)O5)cc4)(CC2)CC3)ccc1O[C@@H]1O[C@H](C(=O)O)[C@@H](O)[C@H](O)[C@H]1O. The summed E-state index contributed by atoms with van der Waals surface area (Å²) in [5.74, 6) is -2.71. The van der Waals surface area contributed by atoms with Gasteiger partial charge in [0, 0.05) is 47.9 Å². The van der Waals surface area contributed by atoms with Gasteiger partial charge >= 0.3 is 12.1 Å². The number of benzene rings is 2. The zero-order chi connectivity index (χ0) is 59.9. The van der Waals surface area contributed by atoms with E-state index in [2.05, 4.69) is 40.3 Å². The Morgan fingerprint density at radius 1 is 0.881 bits per heavy atom. The number of nitrogens with two attached hydrogens (primary N) is 1. The summed E-state index contributed by atoms with van der Waals surface area (Å²) in [5.41, 5.74) is 6.32. The highest BCUT2D eigenvalue weighted by Gasteiger charge is 2.76. The summed E-state index contributed by atoms with van der Waals surface area (Å²) in [6, 6.07) is 12.2. The van der Waals surface area contributed by atoms with Crippen LogP contribution >= 0.6 is 0 Å². The molecule has 15 atom stereocenters. The lowest BCUT2D eigenvalue weighted by atomic mass is 9.46. The minimum absolute atomic E-state index is 0.00929. The Hall–Kier alpha value is -5.82. The van der Waals surface area contributed by atoms with E-state index in [1.54, 1.807) is 24.3 Å². The second-order valence-corrected chi connectivity index (χ2v) is 25.5. The van der Waals surface area contributed by atoms with Gasteiger partial charge in [-0.2, -0.15) is 0 Å². The number of nitrogens with one attached hydrogen (secondary N) is 4. The smallest absolute Gasteiger partial charge is 0.407 e. The molecular weight excluding hydrogens is 1090 g/mol. The Labute approximate surface area is 488 Å². The highest BCUT2D eigenvalue weighted by molar-refractivity contribution is 6.01. The maximum absolute atomic E-state index is 14.1. The molecular formula is C62H83N5O17. The fraction of sp³-hybridized carbons (Fsp3) is 0.645. The van der Waals surface area contributed by atoms with Crippen molar-refractivity contribution in [3.8, 4) is 5.75 Å². The summed E-state index contributed by atoms with van der Waals surface area (Å²) in [6.45, 7) is 5.59. The number of aliphatic hydroxyl groups is 5. The Morgan fingerprint density at radius 2 is 1.61 bits per heavy atom. The summed E-state index contributed by atoms with van der Waals surface area (Å²) in [4.78, 5) is 76.6. The molecule has 12 N–H and O–H groups in total. The minimum atomic E-state index is -1.92. The van der Waals surface area contributed by atoms with Crippen molar-refractivity contribution in [2.24, 2.45) is 39.7 Å². The molecule has 2 heterocycles. The summed E-state index contributed by atoms with van der Waals surface area (Å²) >= 11 is 0. The number of hydrogen-bond acceptors (Lipinski definition) is 18. The molecule has 0 unspecified atom stereocenters. The molecule has 11 rings (SSSR count). The largest absolute Gasteiger partial charge is 0.479 e. The second kappa shape index (κ2) is 24.5. The molecule has 3 amide bonds. The van der Waals surface area contributed by atoms with E-state index in [1.807, 2.05) is 25.1 Å². The number of carboxylic acids is 1. The lowest BCUT2D eigenvalue weighted by Gasteiger charge is -2.59. The van der Waals surface area contributed by atoms with Crippen LogP contribution in [0, 0.1) is 34.0 Å². The van der Waals surface area contributed by atoms with Gasteiger partial charge < -0.3 is 81.3 Å². The number of unbranched alkanes of at least 4 members (excludes halogenated alkanes) is 1. The summed E-state index contributed by atoms with van der Waals surface area (Å²) < 4.78 is 30.7. The zero-order valence-corrected chi connectivity index (χ0v) is 48.1. The normalized spacial score (nSPS) is 36.7. The number of carbonyl (C=O) groups is 6. The van der Waals surface area contributed by atoms with E-state index < -0.39 is 102 Å².